The predicted molar refractivity (Wildman–Crippen MR) is 125 cm³/mol. The Hall–Kier alpha value is -3.73. The average Bonchev–Trinajstić information content (AvgIpc) is 3.50. The largest absolute Gasteiger partial charge is 0.382 e. The summed E-state index contributed by atoms with van der Waals surface area (Å²) >= 11 is 0. The average molecular weight is 463 g/mol. The number of rotatable bonds is 3. The molecule has 33 heavy (non-hydrogen) atoms. The van der Waals surface area contributed by atoms with Crippen molar-refractivity contribution in [2.24, 2.45) is 7.05 Å². The van der Waals surface area contributed by atoms with Crippen LogP contribution < -0.4 is 5.73 Å². The minimum absolute atomic E-state index is 0.0641. The molecule has 1 saturated heterocycles. The molecule has 6 rings (SSSR count). The molecule has 0 bridgehead atoms. The smallest absolute Gasteiger partial charge is 0.152 e. The number of aromatic nitrogens is 7. The topological polar surface area (TPSA) is 126 Å². The molecule has 0 radical (unpaired) electrons. The van der Waals surface area contributed by atoms with Gasteiger partial charge in [-0.2, -0.15) is 15.3 Å². The van der Waals surface area contributed by atoms with Gasteiger partial charge < -0.3 is 5.73 Å². The van der Waals surface area contributed by atoms with E-state index in [-0.39, 0.29) is 17.5 Å². The van der Waals surface area contributed by atoms with E-state index in [0.717, 1.165) is 38.8 Å². The maximum Gasteiger partial charge on any atom is 0.152 e. The van der Waals surface area contributed by atoms with Gasteiger partial charge in [0.25, 0.3) is 0 Å². The fourth-order valence-corrected chi connectivity index (χ4v) is 6.13. The van der Waals surface area contributed by atoms with Gasteiger partial charge in [0, 0.05) is 35.3 Å². The van der Waals surface area contributed by atoms with Crippen molar-refractivity contribution >= 4 is 32.1 Å². The van der Waals surface area contributed by atoms with Crippen LogP contribution in [0.4, 0.5) is 5.82 Å². The maximum atomic E-state index is 11.9. The van der Waals surface area contributed by atoms with Crippen LogP contribution in [0.3, 0.4) is 0 Å². The summed E-state index contributed by atoms with van der Waals surface area (Å²) in [5.74, 6) is 0.795. The third-order valence-electron chi connectivity index (χ3n) is 6.36. The van der Waals surface area contributed by atoms with Crippen LogP contribution in [-0.4, -0.2) is 54.1 Å². The van der Waals surface area contributed by atoms with Crippen molar-refractivity contribution in [2.75, 3.05) is 17.2 Å². The van der Waals surface area contributed by atoms with Crippen LogP contribution in [0.15, 0.2) is 49.2 Å². The van der Waals surface area contributed by atoms with Gasteiger partial charge in [-0.3, -0.25) is 9.36 Å². The van der Waals surface area contributed by atoms with E-state index < -0.39 is 9.84 Å². The SMILES string of the molecule is Cn1cc(-c2cc(-c3ccc4cnn(C5CCS(=O)(=O)CC5)c4c3)n3ncnc(N)c23)cn1. The molecule has 168 valence electrons. The van der Waals surface area contributed by atoms with Crippen molar-refractivity contribution in [3.8, 4) is 22.4 Å². The summed E-state index contributed by atoms with van der Waals surface area (Å²) in [4.78, 5) is 4.19. The molecule has 0 atom stereocenters. The molecule has 1 aliphatic heterocycles. The number of nitrogens with two attached hydrogens (primary N) is 1. The number of nitrogen functional groups attached to an aromatic ring is 1. The Morgan fingerprint density at radius 2 is 1.85 bits per heavy atom. The normalized spacial score (nSPS) is 16.6. The molecular weight excluding hydrogens is 440 g/mol. The van der Waals surface area contributed by atoms with Crippen LogP contribution >= 0.6 is 0 Å². The Balaban J connectivity index is 1.50. The number of sulfone groups is 1. The number of anilines is 1. The molecule has 2 N–H and O–H groups in total. The van der Waals surface area contributed by atoms with Crippen LogP contribution in [0.25, 0.3) is 38.8 Å². The first-order valence-corrected chi connectivity index (χ1v) is 12.5. The molecule has 11 heteroatoms. The van der Waals surface area contributed by atoms with Gasteiger partial charge in [0.1, 0.15) is 21.7 Å². The molecule has 0 spiro atoms. The third kappa shape index (κ3) is 3.27. The fourth-order valence-electron chi connectivity index (χ4n) is 4.66. The second-order valence-corrected chi connectivity index (χ2v) is 10.8. The van der Waals surface area contributed by atoms with Crippen molar-refractivity contribution in [1.82, 2.24) is 34.2 Å². The highest BCUT2D eigenvalue weighted by Crippen LogP contribution is 2.36. The fraction of sp³-hybridized carbons (Fsp3) is 0.273. The van der Waals surface area contributed by atoms with E-state index in [9.17, 15) is 8.42 Å². The lowest BCUT2D eigenvalue weighted by atomic mass is 10.1. The zero-order valence-electron chi connectivity index (χ0n) is 18.0. The van der Waals surface area contributed by atoms with Crippen molar-refractivity contribution in [3.05, 3.63) is 49.2 Å². The molecule has 10 nitrogen and oxygen atoms in total. The van der Waals surface area contributed by atoms with Gasteiger partial charge in [-0.05, 0) is 25.0 Å². The Morgan fingerprint density at radius 3 is 2.61 bits per heavy atom. The van der Waals surface area contributed by atoms with Gasteiger partial charge >= 0.3 is 0 Å². The monoisotopic (exact) mass is 462 g/mol. The standard InChI is InChI=1S/C22H22N8O2S/c1-28-12-16(11-25-28)18-9-20(30-21(18)22(23)24-13-27-30)14-2-3-15-10-26-29(19(15)8-14)17-4-6-33(31,32)7-5-17/h2-3,8-13,17H,4-7H2,1H3,(H2,23,24,27). The minimum atomic E-state index is -2.94. The first-order chi connectivity index (χ1) is 15.9. The van der Waals surface area contributed by atoms with Gasteiger partial charge in [-0.15, -0.1) is 0 Å². The highest BCUT2D eigenvalue weighted by molar-refractivity contribution is 7.91. The zero-order chi connectivity index (χ0) is 22.7. The van der Waals surface area contributed by atoms with E-state index in [0.29, 0.717) is 18.7 Å². The first-order valence-electron chi connectivity index (χ1n) is 10.7. The zero-order valence-corrected chi connectivity index (χ0v) is 18.8. The van der Waals surface area contributed by atoms with E-state index in [1.165, 1.54) is 6.33 Å². The number of benzene rings is 1. The van der Waals surface area contributed by atoms with Gasteiger partial charge in [0.05, 0.1) is 41.2 Å². The lowest BCUT2D eigenvalue weighted by molar-refractivity contribution is 0.425. The van der Waals surface area contributed by atoms with Crippen molar-refractivity contribution in [3.63, 3.8) is 0 Å². The van der Waals surface area contributed by atoms with Crippen LogP contribution in [0.2, 0.25) is 0 Å². The lowest BCUT2D eigenvalue weighted by Crippen LogP contribution is -2.26. The summed E-state index contributed by atoms with van der Waals surface area (Å²) in [7, 11) is -1.07. The summed E-state index contributed by atoms with van der Waals surface area (Å²) < 4.78 is 29.3. The number of hydrogen-bond acceptors (Lipinski definition) is 7. The Morgan fingerprint density at radius 1 is 1.03 bits per heavy atom. The van der Waals surface area contributed by atoms with Crippen molar-refractivity contribution in [1.29, 1.82) is 0 Å². The molecule has 0 aliphatic carbocycles. The molecule has 5 aromatic rings. The third-order valence-corrected chi connectivity index (χ3v) is 8.08. The molecule has 1 fully saturated rings. The van der Waals surface area contributed by atoms with Gasteiger partial charge in [-0.25, -0.2) is 17.9 Å². The molecule has 4 aromatic heterocycles. The van der Waals surface area contributed by atoms with E-state index in [2.05, 4.69) is 26.3 Å². The Bertz CT molecular complexity index is 1610. The van der Waals surface area contributed by atoms with Gasteiger partial charge in [0.15, 0.2) is 5.82 Å². The van der Waals surface area contributed by atoms with Gasteiger partial charge in [0.2, 0.25) is 0 Å². The number of hydrogen-bond donors (Lipinski definition) is 1. The Kier molecular flexibility index (Phi) is 4.31. The van der Waals surface area contributed by atoms with Crippen LogP contribution in [0.5, 0.6) is 0 Å². The second kappa shape index (κ2) is 7.14. The lowest BCUT2D eigenvalue weighted by Gasteiger charge is -2.23. The Labute approximate surface area is 189 Å². The molecular formula is C22H22N8O2S. The maximum absolute atomic E-state index is 11.9. The molecule has 1 aromatic carbocycles. The second-order valence-electron chi connectivity index (χ2n) is 8.50. The number of nitrogens with zero attached hydrogens (tertiary/aromatic N) is 7. The van der Waals surface area contributed by atoms with Gasteiger partial charge in [-0.1, -0.05) is 12.1 Å². The van der Waals surface area contributed by atoms with Crippen molar-refractivity contribution < 1.29 is 8.42 Å². The summed E-state index contributed by atoms with van der Waals surface area (Å²) in [6.45, 7) is 0. The van der Waals surface area contributed by atoms with E-state index in [1.54, 1.807) is 15.4 Å². The van der Waals surface area contributed by atoms with E-state index in [1.807, 2.05) is 42.3 Å². The molecule has 0 saturated carbocycles. The van der Waals surface area contributed by atoms with E-state index in [4.69, 9.17) is 5.73 Å². The van der Waals surface area contributed by atoms with E-state index >= 15 is 0 Å². The number of aryl methyl sites for hydroxylation is 1. The minimum Gasteiger partial charge on any atom is -0.382 e. The highest BCUT2D eigenvalue weighted by Gasteiger charge is 2.26. The first kappa shape index (κ1) is 19.9. The summed E-state index contributed by atoms with van der Waals surface area (Å²) in [6.07, 6.45) is 8.16. The molecule has 5 heterocycles. The summed E-state index contributed by atoms with van der Waals surface area (Å²) in [5.41, 5.74) is 11.6. The number of fused-ring (bicyclic) bond motifs is 2. The summed E-state index contributed by atoms with van der Waals surface area (Å²) in [6, 6.07) is 8.26. The molecule has 1 aliphatic rings. The van der Waals surface area contributed by atoms with Crippen LogP contribution in [0.1, 0.15) is 18.9 Å². The molecule has 0 amide bonds. The highest BCUT2D eigenvalue weighted by atomic mass is 32.2. The van der Waals surface area contributed by atoms with Crippen LogP contribution in [0, 0.1) is 0 Å². The summed E-state index contributed by atoms with van der Waals surface area (Å²) in [5, 5.41) is 14.4. The predicted octanol–water partition coefficient (Wildman–Crippen LogP) is 2.48. The molecule has 0 unspecified atom stereocenters. The van der Waals surface area contributed by atoms with Crippen LogP contribution in [-0.2, 0) is 16.9 Å². The van der Waals surface area contributed by atoms with Crippen molar-refractivity contribution in [2.45, 2.75) is 18.9 Å². The quantitative estimate of drug-likeness (QED) is 0.436.